The van der Waals surface area contributed by atoms with Crippen LogP contribution in [-0.2, 0) is 5.41 Å². The van der Waals surface area contributed by atoms with Gasteiger partial charge >= 0.3 is 0 Å². The van der Waals surface area contributed by atoms with Gasteiger partial charge in [-0.25, -0.2) is 15.0 Å². The van der Waals surface area contributed by atoms with Gasteiger partial charge in [-0.1, -0.05) is 122 Å². The van der Waals surface area contributed by atoms with Gasteiger partial charge < -0.3 is 16.0 Å². The first-order valence-electron chi connectivity index (χ1n) is 19.8. The Balaban J connectivity index is 1.08. The summed E-state index contributed by atoms with van der Waals surface area (Å²) < 4.78 is 1.18. The summed E-state index contributed by atoms with van der Waals surface area (Å²) in [5.74, 6) is 1.97. The summed E-state index contributed by atoms with van der Waals surface area (Å²) >= 11 is 1.72. The van der Waals surface area contributed by atoms with Crippen LogP contribution in [0.4, 0.5) is 22.7 Å². The maximum atomic E-state index is 6.67. The lowest BCUT2D eigenvalue weighted by Crippen LogP contribution is -2.31. The molecule has 0 bridgehead atoms. The molecule has 276 valence electrons. The number of anilines is 4. The number of nitrogens with two attached hydrogens (primary N) is 1. The highest BCUT2D eigenvalue weighted by Crippen LogP contribution is 2.65. The van der Waals surface area contributed by atoms with Crippen LogP contribution in [0.3, 0.4) is 0 Å². The summed E-state index contributed by atoms with van der Waals surface area (Å²) in [6.45, 7) is 2.24. The molecule has 0 fully saturated rings. The van der Waals surface area contributed by atoms with Crippen LogP contribution in [-0.4, -0.2) is 21.1 Å². The van der Waals surface area contributed by atoms with E-state index in [1.807, 2.05) is 36.4 Å². The fourth-order valence-electron chi connectivity index (χ4n) is 9.81. The van der Waals surface area contributed by atoms with Crippen molar-refractivity contribution in [3.8, 4) is 55.7 Å². The minimum Gasteiger partial charge on any atom is -0.399 e. The van der Waals surface area contributed by atoms with Gasteiger partial charge in [-0.2, -0.15) is 0 Å². The van der Waals surface area contributed by atoms with Crippen LogP contribution in [0.15, 0.2) is 164 Å². The number of fused-ring (bicyclic) bond motifs is 13. The molecule has 58 heavy (non-hydrogen) atoms. The molecule has 2 unspecified atom stereocenters. The Bertz CT molecular complexity index is 3060. The maximum absolute atomic E-state index is 6.67. The van der Waals surface area contributed by atoms with Crippen LogP contribution >= 0.6 is 11.3 Å². The highest BCUT2D eigenvalue weighted by atomic mass is 32.1. The van der Waals surface area contributed by atoms with Crippen LogP contribution in [0, 0.1) is 0 Å². The molecule has 2 aliphatic carbocycles. The molecule has 3 heterocycles. The van der Waals surface area contributed by atoms with E-state index in [0.717, 1.165) is 28.1 Å². The van der Waals surface area contributed by atoms with Crippen molar-refractivity contribution >= 4 is 44.2 Å². The third-order valence-electron chi connectivity index (χ3n) is 12.2. The van der Waals surface area contributed by atoms with E-state index >= 15 is 0 Å². The molecule has 2 atom stereocenters. The number of aromatic nitrogens is 3. The largest absolute Gasteiger partial charge is 0.399 e. The third kappa shape index (κ3) is 4.62. The van der Waals surface area contributed by atoms with Crippen molar-refractivity contribution in [2.45, 2.75) is 24.9 Å². The molecule has 2 aromatic heterocycles. The SMILES string of the molecule is CCC1Nc2ccccc2N1c1ccc2c(c1)-c1ccccc1C21c2ccc(N)cc2-c2c1ccc1sc(-c3nc(-c4ccccc4)nc(-c4ccccc4)n3)cc21. The summed E-state index contributed by atoms with van der Waals surface area (Å²) in [6.07, 6.45) is 1.15. The molecule has 0 radical (unpaired) electrons. The van der Waals surface area contributed by atoms with Gasteiger partial charge in [0.15, 0.2) is 17.5 Å². The summed E-state index contributed by atoms with van der Waals surface area (Å²) in [6, 6.07) is 58.5. The fourth-order valence-corrected chi connectivity index (χ4v) is 10.8. The molecule has 0 amide bonds. The molecule has 9 aromatic rings. The minimum atomic E-state index is -0.515. The Morgan fingerprint density at radius 1 is 0.603 bits per heavy atom. The first-order valence-corrected chi connectivity index (χ1v) is 20.7. The van der Waals surface area contributed by atoms with Gasteiger partial charge in [-0.3, -0.25) is 0 Å². The van der Waals surface area contributed by atoms with Crippen molar-refractivity contribution in [2.24, 2.45) is 0 Å². The van der Waals surface area contributed by atoms with Gasteiger partial charge in [0.05, 0.1) is 21.7 Å². The first-order chi connectivity index (χ1) is 28.6. The zero-order valence-corrected chi connectivity index (χ0v) is 32.5. The maximum Gasteiger partial charge on any atom is 0.174 e. The van der Waals surface area contributed by atoms with E-state index in [2.05, 4.69) is 145 Å². The summed E-state index contributed by atoms with van der Waals surface area (Å²) in [7, 11) is 0. The lowest BCUT2D eigenvalue weighted by atomic mass is 9.70. The zero-order valence-electron chi connectivity index (χ0n) is 31.6. The van der Waals surface area contributed by atoms with E-state index < -0.39 is 5.41 Å². The number of benzene rings is 7. The number of hydrogen-bond donors (Lipinski definition) is 2. The monoisotopic (exact) mass is 764 g/mol. The molecule has 1 spiro atoms. The quantitative estimate of drug-likeness (QED) is 0.170. The summed E-state index contributed by atoms with van der Waals surface area (Å²) in [5, 5.41) is 4.93. The number of rotatable bonds is 5. The number of nitrogens with zero attached hydrogens (tertiary/aromatic N) is 4. The van der Waals surface area contributed by atoms with Gasteiger partial charge in [0.25, 0.3) is 0 Å². The smallest absolute Gasteiger partial charge is 0.174 e. The third-order valence-corrected chi connectivity index (χ3v) is 13.3. The Hall–Kier alpha value is -7.09. The molecule has 12 rings (SSSR count). The van der Waals surface area contributed by atoms with Gasteiger partial charge in [0, 0.05) is 32.6 Å². The summed E-state index contributed by atoms with van der Waals surface area (Å²) in [5.41, 5.74) is 22.4. The molecule has 7 aromatic carbocycles. The molecule has 1 aliphatic heterocycles. The van der Waals surface area contributed by atoms with Gasteiger partial charge in [-0.05, 0) is 99.5 Å². The van der Waals surface area contributed by atoms with E-state index in [0.29, 0.717) is 17.5 Å². The second kappa shape index (κ2) is 12.5. The molecule has 0 saturated heterocycles. The molecule has 0 saturated carbocycles. The molecular formula is C51H36N6S. The predicted molar refractivity (Wildman–Crippen MR) is 239 cm³/mol. The van der Waals surface area contributed by atoms with Gasteiger partial charge in [-0.15, -0.1) is 11.3 Å². The Kier molecular flexibility index (Phi) is 7.10. The Morgan fingerprint density at radius 2 is 1.24 bits per heavy atom. The van der Waals surface area contributed by atoms with E-state index in [1.165, 1.54) is 71.7 Å². The second-order valence-corrected chi connectivity index (χ2v) is 16.4. The highest BCUT2D eigenvalue weighted by molar-refractivity contribution is 7.22. The predicted octanol–water partition coefficient (Wildman–Crippen LogP) is 12.3. The number of hydrogen-bond acceptors (Lipinski definition) is 7. The van der Waals surface area contributed by atoms with E-state index in [4.69, 9.17) is 20.7 Å². The van der Waals surface area contributed by atoms with Crippen molar-refractivity contribution < 1.29 is 0 Å². The number of para-hydroxylation sites is 2. The normalized spacial score (nSPS) is 16.8. The fraction of sp³-hybridized carbons (Fsp3) is 0.0784. The summed E-state index contributed by atoms with van der Waals surface area (Å²) in [4.78, 5) is 18.6. The molecule has 3 N–H and O–H groups in total. The van der Waals surface area contributed by atoms with Crippen LogP contribution in [0.25, 0.3) is 65.8 Å². The van der Waals surface area contributed by atoms with Crippen LogP contribution in [0.5, 0.6) is 0 Å². The highest BCUT2D eigenvalue weighted by Gasteiger charge is 2.52. The number of nitrogen functional groups attached to an aromatic ring is 1. The van der Waals surface area contributed by atoms with Crippen LogP contribution in [0.1, 0.15) is 35.6 Å². The number of thiophene rings is 1. The Labute approximate surface area is 340 Å². The van der Waals surface area contributed by atoms with Crippen molar-refractivity contribution in [3.63, 3.8) is 0 Å². The van der Waals surface area contributed by atoms with Gasteiger partial charge in [0.1, 0.15) is 6.17 Å². The zero-order chi connectivity index (χ0) is 38.5. The topological polar surface area (TPSA) is 80.0 Å². The average Bonchev–Trinajstić information content (AvgIpc) is 4.03. The van der Waals surface area contributed by atoms with Crippen LogP contribution < -0.4 is 16.0 Å². The van der Waals surface area contributed by atoms with Crippen molar-refractivity contribution in [3.05, 3.63) is 186 Å². The van der Waals surface area contributed by atoms with Crippen LogP contribution in [0.2, 0.25) is 0 Å². The van der Waals surface area contributed by atoms with Gasteiger partial charge in [0.2, 0.25) is 0 Å². The Morgan fingerprint density at radius 3 is 2.02 bits per heavy atom. The van der Waals surface area contributed by atoms with Crippen molar-refractivity contribution in [2.75, 3.05) is 16.0 Å². The minimum absolute atomic E-state index is 0.176. The number of nitrogens with one attached hydrogen (secondary N) is 1. The second-order valence-electron chi connectivity index (χ2n) is 15.3. The standard InChI is InChI=1S/C51H36N6S/c1-2-46-53-42-19-11-12-20-43(42)57(46)33-22-24-39-35(28-33)34-17-9-10-18-38(34)51(39)40-23-21-32(52)27-36(40)47-37-29-45(58-44(37)26-25-41(47)51)50-55-48(30-13-5-3-6-14-30)54-49(56-50)31-15-7-4-8-16-31/h3-29,46,53H,2,52H2,1H3. The molecule has 3 aliphatic rings. The van der Waals surface area contributed by atoms with Crippen molar-refractivity contribution in [1.82, 2.24) is 15.0 Å². The molecular weight excluding hydrogens is 729 g/mol. The van der Waals surface area contributed by atoms with E-state index in [1.54, 1.807) is 11.3 Å². The van der Waals surface area contributed by atoms with Crippen molar-refractivity contribution in [1.29, 1.82) is 0 Å². The lowest BCUT2D eigenvalue weighted by molar-refractivity contribution is 0.728. The van der Waals surface area contributed by atoms with E-state index in [9.17, 15) is 0 Å². The average molecular weight is 765 g/mol. The van der Waals surface area contributed by atoms with E-state index in [-0.39, 0.29) is 6.17 Å². The molecule has 6 nitrogen and oxygen atoms in total. The molecule has 7 heteroatoms. The lowest BCUT2D eigenvalue weighted by Gasteiger charge is -2.31. The first kappa shape index (κ1) is 33.1.